The Morgan fingerprint density at radius 1 is 1.13 bits per heavy atom. The van der Waals surface area contributed by atoms with Gasteiger partial charge in [0.05, 0.1) is 25.3 Å². The van der Waals surface area contributed by atoms with Gasteiger partial charge in [-0.15, -0.1) is 0 Å². The largest absolute Gasteiger partial charge is 0.450 e. The maximum absolute atomic E-state index is 12.3. The highest BCUT2D eigenvalue weighted by molar-refractivity contribution is 5.89. The van der Waals surface area contributed by atoms with Crippen LogP contribution >= 0.6 is 0 Å². The van der Waals surface area contributed by atoms with E-state index in [-0.39, 0.29) is 12.1 Å². The fourth-order valence-corrected chi connectivity index (χ4v) is 2.52. The Bertz CT molecular complexity index is 559. The van der Waals surface area contributed by atoms with Crippen LogP contribution in [0.1, 0.15) is 20.3 Å². The lowest BCUT2D eigenvalue weighted by Gasteiger charge is -2.28. The Labute approximate surface area is 136 Å². The topological polar surface area (TPSA) is 67.9 Å². The summed E-state index contributed by atoms with van der Waals surface area (Å²) in [6, 6.07) is 9.00. The number of nitrogens with one attached hydrogen (secondary N) is 1. The smallest absolute Gasteiger partial charge is 0.414 e. The zero-order valence-electron chi connectivity index (χ0n) is 13.4. The summed E-state index contributed by atoms with van der Waals surface area (Å²) in [5.74, 6) is 0. The van der Waals surface area contributed by atoms with Crippen molar-refractivity contribution in [3.8, 4) is 0 Å². The van der Waals surface area contributed by atoms with Crippen LogP contribution in [-0.2, 0) is 9.47 Å². The van der Waals surface area contributed by atoms with E-state index in [4.69, 9.17) is 9.47 Å². The van der Waals surface area contributed by atoms with Crippen LogP contribution in [-0.4, -0.2) is 37.5 Å². The van der Waals surface area contributed by atoms with Gasteiger partial charge in [-0.3, -0.25) is 4.90 Å². The molecule has 2 rings (SSSR count). The zero-order valence-corrected chi connectivity index (χ0v) is 13.4. The molecule has 0 aromatic heterocycles. The molecule has 6 nitrogen and oxygen atoms in total. The fraction of sp³-hybridized carbons (Fsp3) is 0.412. The minimum Gasteiger partial charge on any atom is -0.450 e. The molecule has 1 N–H and O–H groups in total. The molecule has 0 heterocycles. The Hall–Kier alpha value is -2.50. The second-order valence-electron chi connectivity index (χ2n) is 5.06. The summed E-state index contributed by atoms with van der Waals surface area (Å²) in [5, 5.41) is 2.76. The van der Waals surface area contributed by atoms with Gasteiger partial charge < -0.3 is 14.8 Å². The number of ether oxygens (including phenoxy) is 2. The molecule has 2 amide bonds. The lowest BCUT2D eigenvalue weighted by atomic mass is 10.1. The van der Waals surface area contributed by atoms with Crippen molar-refractivity contribution < 1.29 is 19.1 Å². The molecule has 0 saturated heterocycles. The van der Waals surface area contributed by atoms with Gasteiger partial charge in [-0.05, 0) is 32.4 Å². The molecule has 1 aliphatic carbocycles. The molecular formula is C17H22N2O4. The van der Waals surface area contributed by atoms with Gasteiger partial charge in [0.25, 0.3) is 0 Å². The minimum absolute atomic E-state index is 0.167. The summed E-state index contributed by atoms with van der Waals surface area (Å²) in [5.41, 5.74) is 0.761. The maximum Gasteiger partial charge on any atom is 0.414 e. The number of nitrogens with zero attached hydrogens (tertiary/aromatic N) is 1. The Morgan fingerprint density at radius 2 is 1.83 bits per heavy atom. The quantitative estimate of drug-likeness (QED) is 0.847. The Kier molecular flexibility index (Phi) is 6.02. The second kappa shape index (κ2) is 8.22. The van der Waals surface area contributed by atoms with Gasteiger partial charge in [0.15, 0.2) is 0 Å². The summed E-state index contributed by atoms with van der Waals surface area (Å²) in [6.07, 6.45) is 3.50. The van der Waals surface area contributed by atoms with Gasteiger partial charge in [0, 0.05) is 5.69 Å². The average molecular weight is 318 g/mol. The highest BCUT2D eigenvalue weighted by atomic mass is 16.6. The van der Waals surface area contributed by atoms with Crippen molar-refractivity contribution in [2.75, 3.05) is 18.1 Å². The van der Waals surface area contributed by atoms with Crippen molar-refractivity contribution in [3.63, 3.8) is 0 Å². The van der Waals surface area contributed by atoms with E-state index in [1.165, 1.54) is 0 Å². The number of benzene rings is 1. The summed E-state index contributed by atoms with van der Waals surface area (Å²) in [6.45, 7) is 4.16. The predicted molar refractivity (Wildman–Crippen MR) is 87.4 cm³/mol. The maximum atomic E-state index is 12.3. The first-order chi connectivity index (χ1) is 11.2. The standard InChI is InChI=1S/C17H22N2O4/c1-3-22-16(20)18-13-10-11-15(12-13)19(17(21)23-4-2)14-8-6-5-7-9-14/h5-11,13,15H,3-4,12H2,1-2H3,(H,18,20)/t13-,15+/m0/s1. The zero-order chi connectivity index (χ0) is 16.7. The molecule has 23 heavy (non-hydrogen) atoms. The van der Waals surface area contributed by atoms with Gasteiger partial charge in [0.1, 0.15) is 0 Å². The van der Waals surface area contributed by atoms with E-state index in [9.17, 15) is 9.59 Å². The molecule has 0 fully saturated rings. The van der Waals surface area contributed by atoms with Gasteiger partial charge >= 0.3 is 12.2 Å². The molecule has 0 unspecified atom stereocenters. The van der Waals surface area contributed by atoms with E-state index < -0.39 is 12.2 Å². The number of hydrogen-bond donors (Lipinski definition) is 1. The van der Waals surface area contributed by atoms with E-state index in [0.717, 1.165) is 5.69 Å². The average Bonchev–Trinajstić information content (AvgIpc) is 2.97. The van der Waals surface area contributed by atoms with E-state index >= 15 is 0 Å². The molecule has 0 radical (unpaired) electrons. The molecule has 0 saturated carbocycles. The molecular weight excluding hydrogens is 296 g/mol. The van der Waals surface area contributed by atoms with E-state index in [0.29, 0.717) is 19.6 Å². The van der Waals surface area contributed by atoms with Crippen LogP contribution < -0.4 is 10.2 Å². The van der Waals surface area contributed by atoms with Crippen molar-refractivity contribution in [1.82, 2.24) is 5.32 Å². The minimum atomic E-state index is -0.454. The van der Waals surface area contributed by atoms with Crippen LogP contribution in [0.25, 0.3) is 0 Å². The summed E-state index contributed by atoms with van der Waals surface area (Å²) in [4.78, 5) is 25.4. The summed E-state index contributed by atoms with van der Waals surface area (Å²) < 4.78 is 10.0. The van der Waals surface area contributed by atoms with Crippen molar-refractivity contribution in [1.29, 1.82) is 0 Å². The first-order valence-corrected chi connectivity index (χ1v) is 7.78. The highest BCUT2D eigenvalue weighted by Gasteiger charge is 2.30. The van der Waals surface area contributed by atoms with Crippen molar-refractivity contribution in [2.24, 2.45) is 0 Å². The van der Waals surface area contributed by atoms with Crippen LogP contribution in [0.4, 0.5) is 15.3 Å². The molecule has 6 heteroatoms. The highest BCUT2D eigenvalue weighted by Crippen LogP contribution is 2.25. The van der Waals surface area contributed by atoms with Gasteiger partial charge in [-0.1, -0.05) is 30.4 Å². The number of hydrogen-bond acceptors (Lipinski definition) is 4. The van der Waals surface area contributed by atoms with Gasteiger partial charge in [0.2, 0.25) is 0 Å². The fourth-order valence-electron chi connectivity index (χ4n) is 2.52. The van der Waals surface area contributed by atoms with E-state index in [2.05, 4.69) is 5.32 Å². The number of alkyl carbamates (subject to hydrolysis) is 1. The Morgan fingerprint density at radius 3 is 2.48 bits per heavy atom. The summed E-state index contributed by atoms with van der Waals surface area (Å²) >= 11 is 0. The van der Waals surface area contributed by atoms with Crippen LogP contribution in [0.2, 0.25) is 0 Å². The Balaban J connectivity index is 2.08. The third kappa shape index (κ3) is 4.48. The van der Waals surface area contributed by atoms with Crippen LogP contribution in [0, 0.1) is 0 Å². The van der Waals surface area contributed by atoms with Crippen molar-refractivity contribution in [3.05, 3.63) is 42.5 Å². The van der Waals surface area contributed by atoms with Crippen LogP contribution in [0.3, 0.4) is 0 Å². The summed E-state index contributed by atoms with van der Waals surface area (Å²) in [7, 11) is 0. The lowest BCUT2D eigenvalue weighted by molar-refractivity contribution is 0.149. The monoisotopic (exact) mass is 318 g/mol. The lowest BCUT2D eigenvalue weighted by Crippen LogP contribution is -2.42. The van der Waals surface area contributed by atoms with Crippen molar-refractivity contribution >= 4 is 17.9 Å². The van der Waals surface area contributed by atoms with E-state index in [1.54, 1.807) is 18.7 Å². The SMILES string of the molecule is CCOC(=O)N[C@H]1C=C[C@@H](N(C(=O)OCC)c2ccccc2)C1. The molecule has 0 aliphatic heterocycles. The third-order valence-corrected chi connectivity index (χ3v) is 3.47. The first-order valence-electron chi connectivity index (χ1n) is 7.78. The van der Waals surface area contributed by atoms with E-state index in [1.807, 2.05) is 42.5 Å². The van der Waals surface area contributed by atoms with Crippen LogP contribution in [0.5, 0.6) is 0 Å². The van der Waals surface area contributed by atoms with Gasteiger partial charge in [-0.2, -0.15) is 0 Å². The predicted octanol–water partition coefficient (Wildman–Crippen LogP) is 3.09. The normalized spacial score (nSPS) is 19.2. The number of amides is 2. The molecule has 1 aliphatic rings. The van der Waals surface area contributed by atoms with Crippen LogP contribution in [0.15, 0.2) is 42.5 Å². The molecule has 2 atom stereocenters. The molecule has 0 bridgehead atoms. The second-order valence-corrected chi connectivity index (χ2v) is 5.06. The number of carbonyl (C=O) groups excluding carboxylic acids is 2. The number of carbonyl (C=O) groups is 2. The molecule has 1 aromatic rings. The molecule has 0 spiro atoms. The molecule has 1 aromatic carbocycles. The van der Waals surface area contributed by atoms with Gasteiger partial charge in [-0.25, -0.2) is 9.59 Å². The number of rotatable bonds is 5. The first kappa shape index (κ1) is 16.9. The number of para-hydroxylation sites is 1. The third-order valence-electron chi connectivity index (χ3n) is 3.47. The molecule has 124 valence electrons. The number of anilines is 1. The van der Waals surface area contributed by atoms with Crippen molar-refractivity contribution in [2.45, 2.75) is 32.4 Å².